The maximum Gasteiger partial charge on any atom is 0.341 e. The van der Waals surface area contributed by atoms with E-state index >= 15 is 0 Å². The molecule has 0 saturated carbocycles. The fraction of sp³-hybridized carbons (Fsp3) is 0.333. The Morgan fingerprint density at radius 1 is 0.821 bits per heavy atom. The lowest BCUT2D eigenvalue weighted by Gasteiger charge is -2.24. The molecule has 3 unspecified atom stereocenters. The first kappa shape index (κ1) is 26.2. The minimum Gasteiger partial charge on any atom is -0.494 e. The molecule has 0 radical (unpaired) electrons. The number of carboxylic acid groups (broad SMARTS) is 2. The molecule has 2 aliphatic rings. The SMILES string of the molecule is CCCOc1ccc2c(c1)C(c1ccc(OCC)cc1OCC(=O)O)C(C(=O)O)C2c1ccc2c(c1)OCO2. The third kappa shape index (κ3) is 5.16. The molecule has 1 aliphatic carbocycles. The van der Waals surface area contributed by atoms with E-state index in [4.69, 9.17) is 23.7 Å². The molecule has 39 heavy (non-hydrogen) atoms. The first-order valence-electron chi connectivity index (χ1n) is 12.9. The summed E-state index contributed by atoms with van der Waals surface area (Å²) in [7, 11) is 0. The van der Waals surface area contributed by atoms with Crippen molar-refractivity contribution in [1.29, 1.82) is 0 Å². The number of hydrogen-bond donors (Lipinski definition) is 2. The molecule has 0 amide bonds. The van der Waals surface area contributed by atoms with Gasteiger partial charge in [-0.05, 0) is 60.4 Å². The largest absolute Gasteiger partial charge is 0.494 e. The van der Waals surface area contributed by atoms with Gasteiger partial charge < -0.3 is 33.9 Å². The van der Waals surface area contributed by atoms with Gasteiger partial charge in [0, 0.05) is 23.5 Å². The zero-order chi connectivity index (χ0) is 27.5. The Morgan fingerprint density at radius 3 is 2.28 bits per heavy atom. The topological polar surface area (TPSA) is 121 Å². The van der Waals surface area contributed by atoms with E-state index in [2.05, 4.69) is 0 Å². The molecule has 204 valence electrons. The minimum atomic E-state index is -1.14. The quantitative estimate of drug-likeness (QED) is 0.348. The van der Waals surface area contributed by atoms with Crippen LogP contribution in [0.4, 0.5) is 0 Å². The van der Waals surface area contributed by atoms with Crippen LogP contribution in [0.2, 0.25) is 0 Å². The van der Waals surface area contributed by atoms with Gasteiger partial charge in [0.15, 0.2) is 18.1 Å². The molecule has 9 heteroatoms. The lowest BCUT2D eigenvalue weighted by Crippen LogP contribution is -2.24. The number of rotatable bonds is 11. The van der Waals surface area contributed by atoms with Crippen LogP contribution in [-0.4, -0.2) is 48.8 Å². The first-order chi connectivity index (χ1) is 18.9. The highest BCUT2D eigenvalue weighted by atomic mass is 16.7. The molecular formula is C30H30O9. The maximum absolute atomic E-state index is 13.0. The predicted octanol–water partition coefficient (Wildman–Crippen LogP) is 5.04. The molecule has 5 rings (SSSR count). The summed E-state index contributed by atoms with van der Waals surface area (Å²) < 4.78 is 28.3. The van der Waals surface area contributed by atoms with Crippen LogP contribution in [0.3, 0.4) is 0 Å². The molecule has 3 aromatic carbocycles. The predicted molar refractivity (Wildman–Crippen MR) is 140 cm³/mol. The number of ether oxygens (including phenoxy) is 5. The van der Waals surface area contributed by atoms with Gasteiger partial charge in [0.25, 0.3) is 0 Å². The highest BCUT2D eigenvalue weighted by Gasteiger charge is 2.48. The zero-order valence-electron chi connectivity index (χ0n) is 21.7. The third-order valence-electron chi connectivity index (χ3n) is 6.94. The normalized spacial score (nSPS) is 18.9. The number of carboxylic acids is 2. The lowest BCUT2D eigenvalue weighted by molar-refractivity contribution is -0.142. The van der Waals surface area contributed by atoms with Crippen LogP contribution in [0.1, 0.15) is 54.4 Å². The second-order valence-electron chi connectivity index (χ2n) is 9.39. The van der Waals surface area contributed by atoms with E-state index in [0.29, 0.717) is 41.8 Å². The van der Waals surface area contributed by atoms with Gasteiger partial charge in [0.2, 0.25) is 6.79 Å². The Labute approximate surface area is 225 Å². The molecule has 0 aromatic heterocycles. The van der Waals surface area contributed by atoms with Gasteiger partial charge in [0.1, 0.15) is 17.2 Å². The number of carbonyl (C=O) groups is 2. The molecule has 0 bridgehead atoms. The average molecular weight is 535 g/mol. The summed E-state index contributed by atoms with van der Waals surface area (Å²) in [5.74, 6) is -1.66. The first-order valence-corrected chi connectivity index (χ1v) is 12.9. The number of hydrogen-bond acceptors (Lipinski definition) is 7. The van der Waals surface area contributed by atoms with E-state index in [9.17, 15) is 19.8 Å². The van der Waals surface area contributed by atoms with Crippen molar-refractivity contribution in [1.82, 2.24) is 0 Å². The highest BCUT2D eigenvalue weighted by Crippen LogP contribution is 2.56. The van der Waals surface area contributed by atoms with Crippen LogP contribution in [0, 0.1) is 5.92 Å². The summed E-state index contributed by atoms with van der Waals surface area (Å²) in [5.41, 5.74) is 2.96. The van der Waals surface area contributed by atoms with E-state index < -0.39 is 36.3 Å². The second kappa shape index (κ2) is 11.1. The van der Waals surface area contributed by atoms with Crippen LogP contribution >= 0.6 is 0 Å². The van der Waals surface area contributed by atoms with Crippen LogP contribution in [0.25, 0.3) is 0 Å². The number of benzene rings is 3. The van der Waals surface area contributed by atoms with Crippen molar-refractivity contribution < 1.29 is 43.5 Å². The summed E-state index contributed by atoms with van der Waals surface area (Å²) >= 11 is 0. The Balaban J connectivity index is 1.68. The molecule has 3 aromatic rings. The van der Waals surface area contributed by atoms with E-state index in [1.54, 1.807) is 24.3 Å². The number of fused-ring (bicyclic) bond motifs is 2. The summed E-state index contributed by atoms with van der Waals surface area (Å²) in [6.45, 7) is 4.32. The minimum absolute atomic E-state index is 0.111. The molecule has 1 heterocycles. The molecule has 3 atom stereocenters. The third-order valence-corrected chi connectivity index (χ3v) is 6.94. The van der Waals surface area contributed by atoms with E-state index in [-0.39, 0.29) is 12.5 Å². The van der Waals surface area contributed by atoms with Gasteiger partial charge in [-0.2, -0.15) is 0 Å². The van der Waals surface area contributed by atoms with Crippen LogP contribution in [-0.2, 0) is 9.59 Å². The Hall–Kier alpha value is -4.40. The maximum atomic E-state index is 13.0. The van der Waals surface area contributed by atoms with Crippen molar-refractivity contribution in [2.75, 3.05) is 26.6 Å². The van der Waals surface area contributed by atoms with Crippen molar-refractivity contribution in [3.63, 3.8) is 0 Å². The van der Waals surface area contributed by atoms with E-state index in [0.717, 1.165) is 23.1 Å². The standard InChI is InChI=1S/C30H30O9/c1-3-11-36-18-6-8-20-22(13-18)28(21-9-7-19(35-4-2)14-24(21)37-15-26(31)32)29(30(33)34)27(20)17-5-10-23-25(12-17)39-16-38-23/h5-10,12-14,27-29H,3-4,11,15-16H2,1-2H3,(H,31,32)(H,33,34). The smallest absolute Gasteiger partial charge is 0.341 e. The van der Waals surface area contributed by atoms with Crippen molar-refractivity contribution in [2.24, 2.45) is 5.92 Å². The Morgan fingerprint density at radius 2 is 1.56 bits per heavy atom. The average Bonchev–Trinajstić information content (AvgIpc) is 3.53. The van der Waals surface area contributed by atoms with Crippen LogP contribution in [0.15, 0.2) is 54.6 Å². The van der Waals surface area contributed by atoms with Gasteiger partial charge in [-0.15, -0.1) is 0 Å². The summed E-state index contributed by atoms with van der Waals surface area (Å²) in [6.07, 6.45) is 0.824. The van der Waals surface area contributed by atoms with Crippen LogP contribution < -0.4 is 23.7 Å². The van der Waals surface area contributed by atoms with Gasteiger partial charge in [-0.1, -0.05) is 25.1 Å². The van der Waals surface area contributed by atoms with Gasteiger partial charge in [0.05, 0.1) is 19.1 Å². The monoisotopic (exact) mass is 534 g/mol. The molecule has 2 N–H and O–H groups in total. The molecule has 9 nitrogen and oxygen atoms in total. The van der Waals surface area contributed by atoms with E-state index in [1.807, 2.05) is 44.2 Å². The molecule has 0 fully saturated rings. The van der Waals surface area contributed by atoms with Gasteiger partial charge >= 0.3 is 11.9 Å². The second-order valence-corrected chi connectivity index (χ2v) is 9.39. The fourth-order valence-corrected chi connectivity index (χ4v) is 5.43. The van der Waals surface area contributed by atoms with Gasteiger partial charge in [-0.3, -0.25) is 4.79 Å². The molecular weight excluding hydrogens is 504 g/mol. The van der Waals surface area contributed by atoms with Crippen molar-refractivity contribution in [3.05, 3.63) is 76.9 Å². The van der Waals surface area contributed by atoms with Crippen LogP contribution in [0.5, 0.6) is 28.7 Å². The summed E-state index contributed by atoms with van der Waals surface area (Å²) in [5, 5.41) is 20.0. The highest BCUT2D eigenvalue weighted by molar-refractivity contribution is 5.79. The Bertz CT molecular complexity index is 1380. The van der Waals surface area contributed by atoms with Crippen molar-refractivity contribution >= 4 is 11.9 Å². The molecule has 1 aliphatic heterocycles. The Kier molecular flexibility index (Phi) is 7.49. The van der Waals surface area contributed by atoms with E-state index in [1.165, 1.54) is 0 Å². The molecule has 0 saturated heterocycles. The van der Waals surface area contributed by atoms with Crippen molar-refractivity contribution in [2.45, 2.75) is 32.1 Å². The summed E-state index contributed by atoms with van der Waals surface area (Å²) in [6, 6.07) is 16.3. The van der Waals surface area contributed by atoms with Gasteiger partial charge in [-0.25, -0.2) is 4.79 Å². The summed E-state index contributed by atoms with van der Waals surface area (Å²) in [4.78, 5) is 24.4. The van der Waals surface area contributed by atoms with Crippen molar-refractivity contribution in [3.8, 4) is 28.7 Å². The molecule has 0 spiro atoms. The number of aliphatic carboxylic acids is 2. The zero-order valence-corrected chi connectivity index (χ0v) is 21.7. The lowest BCUT2D eigenvalue weighted by atomic mass is 9.79. The fourth-order valence-electron chi connectivity index (χ4n) is 5.43.